The van der Waals surface area contributed by atoms with E-state index in [1.54, 1.807) is 4.90 Å². The van der Waals surface area contributed by atoms with Crippen LogP contribution in [0.4, 0.5) is 5.69 Å². The van der Waals surface area contributed by atoms with Gasteiger partial charge >= 0.3 is 5.97 Å². The summed E-state index contributed by atoms with van der Waals surface area (Å²) in [7, 11) is 0. The number of aryl methyl sites for hydroxylation is 1. The maximum atomic E-state index is 12.8. The van der Waals surface area contributed by atoms with Crippen LogP contribution in [0.2, 0.25) is 0 Å². The van der Waals surface area contributed by atoms with Crippen molar-refractivity contribution in [2.45, 2.75) is 26.2 Å². The van der Waals surface area contributed by atoms with Gasteiger partial charge in [0.05, 0.1) is 12.3 Å². The molecule has 5 nitrogen and oxygen atoms in total. The summed E-state index contributed by atoms with van der Waals surface area (Å²) in [6.07, 6.45) is 1.80. The molecular formula is C16H22N2O3. The lowest BCUT2D eigenvalue weighted by Crippen LogP contribution is -2.44. The van der Waals surface area contributed by atoms with Crippen molar-refractivity contribution in [2.24, 2.45) is 5.92 Å². The van der Waals surface area contributed by atoms with Gasteiger partial charge in [0.2, 0.25) is 5.91 Å². The molecule has 1 aromatic carbocycles. The number of hydrogen-bond acceptors (Lipinski definition) is 3. The van der Waals surface area contributed by atoms with Crippen molar-refractivity contribution in [1.29, 1.82) is 0 Å². The largest absolute Gasteiger partial charge is 0.481 e. The highest BCUT2D eigenvalue weighted by Gasteiger charge is 2.27. The molecule has 5 heteroatoms. The number of carbonyl (C=O) groups excluding carboxylic acids is 1. The molecule has 114 valence electrons. The molecule has 1 unspecified atom stereocenters. The number of rotatable bonds is 5. The van der Waals surface area contributed by atoms with Crippen molar-refractivity contribution in [2.75, 3.05) is 24.5 Å². The van der Waals surface area contributed by atoms with Crippen LogP contribution >= 0.6 is 0 Å². The van der Waals surface area contributed by atoms with Gasteiger partial charge in [0, 0.05) is 18.8 Å². The minimum Gasteiger partial charge on any atom is -0.481 e. The molecule has 1 heterocycles. The molecule has 0 spiro atoms. The van der Waals surface area contributed by atoms with Gasteiger partial charge in [-0.1, -0.05) is 18.2 Å². The zero-order valence-corrected chi connectivity index (χ0v) is 12.3. The van der Waals surface area contributed by atoms with Crippen molar-refractivity contribution < 1.29 is 14.7 Å². The van der Waals surface area contributed by atoms with Crippen molar-refractivity contribution >= 4 is 17.6 Å². The monoisotopic (exact) mass is 290 g/mol. The topological polar surface area (TPSA) is 69.6 Å². The summed E-state index contributed by atoms with van der Waals surface area (Å²) in [4.78, 5) is 25.3. The van der Waals surface area contributed by atoms with Crippen LogP contribution in [0.15, 0.2) is 24.3 Å². The van der Waals surface area contributed by atoms with Crippen molar-refractivity contribution in [3.8, 4) is 0 Å². The lowest BCUT2D eigenvalue weighted by atomic mass is 9.97. The molecule has 0 aromatic heterocycles. The Morgan fingerprint density at radius 3 is 2.76 bits per heavy atom. The van der Waals surface area contributed by atoms with Crippen LogP contribution in [-0.2, 0) is 9.59 Å². The molecule has 2 rings (SSSR count). The van der Waals surface area contributed by atoms with Gasteiger partial charge in [0.25, 0.3) is 0 Å². The molecule has 21 heavy (non-hydrogen) atoms. The number of piperidine rings is 1. The molecule has 1 amide bonds. The number of carbonyl (C=O) groups is 2. The highest BCUT2D eigenvalue weighted by atomic mass is 16.4. The Balaban J connectivity index is 2.20. The van der Waals surface area contributed by atoms with Gasteiger partial charge in [-0.15, -0.1) is 0 Å². The van der Waals surface area contributed by atoms with Gasteiger partial charge in [0.15, 0.2) is 0 Å². The van der Waals surface area contributed by atoms with Crippen molar-refractivity contribution in [3.63, 3.8) is 0 Å². The Hall–Kier alpha value is -1.88. The Bertz CT molecular complexity index is 510. The average molecular weight is 290 g/mol. The van der Waals surface area contributed by atoms with Gasteiger partial charge in [-0.05, 0) is 37.9 Å². The molecular weight excluding hydrogens is 268 g/mol. The van der Waals surface area contributed by atoms with E-state index in [-0.39, 0.29) is 24.8 Å². The molecule has 0 saturated carbocycles. The lowest BCUT2D eigenvalue weighted by molar-refractivity contribution is -0.136. The number of nitrogens with zero attached hydrogens (tertiary/aromatic N) is 1. The molecule has 1 atom stereocenters. The summed E-state index contributed by atoms with van der Waals surface area (Å²) in [6, 6.07) is 7.62. The second-order valence-electron chi connectivity index (χ2n) is 5.46. The van der Waals surface area contributed by atoms with Gasteiger partial charge in [0.1, 0.15) is 0 Å². The molecule has 1 saturated heterocycles. The summed E-state index contributed by atoms with van der Waals surface area (Å²) >= 11 is 0. The van der Waals surface area contributed by atoms with Crippen LogP contribution in [0.3, 0.4) is 0 Å². The van der Waals surface area contributed by atoms with Crippen LogP contribution < -0.4 is 10.2 Å². The Labute approximate surface area is 125 Å². The molecule has 1 fully saturated rings. The smallest absolute Gasteiger partial charge is 0.305 e. The van der Waals surface area contributed by atoms with Gasteiger partial charge < -0.3 is 15.3 Å². The first-order chi connectivity index (χ1) is 10.1. The summed E-state index contributed by atoms with van der Waals surface area (Å²) in [5.74, 6) is -0.923. The molecule has 0 aliphatic carbocycles. The van der Waals surface area contributed by atoms with Crippen LogP contribution in [0, 0.1) is 12.8 Å². The number of para-hydroxylation sites is 1. The maximum Gasteiger partial charge on any atom is 0.305 e. The van der Waals surface area contributed by atoms with Gasteiger partial charge in [-0.25, -0.2) is 0 Å². The number of hydrogen-bond donors (Lipinski definition) is 2. The first-order valence-electron chi connectivity index (χ1n) is 7.39. The second kappa shape index (κ2) is 7.22. The third-order valence-electron chi connectivity index (χ3n) is 3.87. The summed E-state index contributed by atoms with van der Waals surface area (Å²) < 4.78 is 0. The predicted molar refractivity (Wildman–Crippen MR) is 81.4 cm³/mol. The lowest BCUT2D eigenvalue weighted by Gasteiger charge is -2.30. The summed E-state index contributed by atoms with van der Waals surface area (Å²) in [5, 5.41) is 12.2. The van der Waals surface area contributed by atoms with Crippen LogP contribution in [-0.4, -0.2) is 36.6 Å². The average Bonchev–Trinajstić information content (AvgIpc) is 2.49. The van der Waals surface area contributed by atoms with E-state index in [0.29, 0.717) is 6.54 Å². The zero-order chi connectivity index (χ0) is 15.2. The predicted octanol–water partition coefficient (Wildman–Crippen LogP) is 1.80. The number of benzene rings is 1. The standard InChI is InChI=1S/C16H22N2O3/c1-12-5-2-3-7-14(12)18(10-8-15(19)20)16(21)13-6-4-9-17-11-13/h2-3,5,7,13,17H,4,6,8-11H2,1H3,(H,19,20). The zero-order valence-electron chi connectivity index (χ0n) is 12.3. The van der Waals surface area contributed by atoms with E-state index >= 15 is 0 Å². The Morgan fingerprint density at radius 2 is 2.14 bits per heavy atom. The quantitative estimate of drug-likeness (QED) is 0.867. The first kappa shape index (κ1) is 15.5. The summed E-state index contributed by atoms with van der Waals surface area (Å²) in [6.45, 7) is 3.78. The van der Waals surface area contributed by atoms with Crippen molar-refractivity contribution in [3.05, 3.63) is 29.8 Å². The molecule has 0 bridgehead atoms. The SMILES string of the molecule is Cc1ccccc1N(CCC(=O)O)C(=O)C1CCCNC1. The minimum absolute atomic E-state index is 0.0257. The van der Waals surface area contributed by atoms with E-state index in [1.165, 1.54) is 0 Å². The van der Waals surface area contributed by atoms with E-state index in [9.17, 15) is 9.59 Å². The van der Waals surface area contributed by atoms with E-state index in [1.807, 2.05) is 31.2 Å². The highest BCUT2D eigenvalue weighted by molar-refractivity contribution is 5.96. The maximum absolute atomic E-state index is 12.8. The minimum atomic E-state index is -0.886. The van der Waals surface area contributed by atoms with E-state index in [0.717, 1.165) is 30.6 Å². The molecule has 0 radical (unpaired) electrons. The number of carboxylic acid groups (broad SMARTS) is 1. The van der Waals surface area contributed by atoms with Crippen LogP contribution in [0.25, 0.3) is 0 Å². The number of nitrogens with one attached hydrogen (secondary N) is 1. The normalized spacial score (nSPS) is 18.2. The summed E-state index contributed by atoms with van der Waals surface area (Å²) in [5.41, 5.74) is 1.80. The Kier molecular flexibility index (Phi) is 5.33. The van der Waals surface area contributed by atoms with Gasteiger partial charge in [-0.3, -0.25) is 9.59 Å². The molecule has 2 N–H and O–H groups in total. The highest BCUT2D eigenvalue weighted by Crippen LogP contribution is 2.23. The molecule has 1 aliphatic heterocycles. The second-order valence-corrected chi connectivity index (χ2v) is 5.46. The fourth-order valence-electron chi connectivity index (χ4n) is 2.71. The third-order valence-corrected chi connectivity index (χ3v) is 3.87. The fraction of sp³-hybridized carbons (Fsp3) is 0.500. The molecule has 1 aliphatic rings. The Morgan fingerprint density at radius 1 is 1.38 bits per heavy atom. The fourth-order valence-corrected chi connectivity index (χ4v) is 2.71. The van der Waals surface area contributed by atoms with E-state index in [2.05, 4.69) is 5.32 Å². The van der Waals surface area contributed by atoms with Gasteiger partial charge in [-0.2, -0.15) is 0 Å². The van der Waals surface area contributed by atoms with Crippen LogP contribution in [0.5, 0.6) is 0 Å². The first-order valence-corrected chi connectivity index (χ1v) is 7.39. The molecule has 1 aromatic rings. The van der Waals surface area contributed by atoms with E-state index in [4.69, 9.17) is 5.11 Å². The number of anilines is 1. The van der Waals surface area contributed by atoms with Crippen LogP contribution in [0.1, 0.15) is 24.8 Å². The third kappa shape index (κ3) is 4.04. The number of amides is 1. The van der Waals surface area contributed by atoms with E-state index < -0.39 is 5.97 Å². The number of aliphatic carboxylic acids is 1. The van der Waals surface area contributed by atoms with Crippen molar-refractivity contribution in [1.82, 2.24) is 5.32 Å². The number of carboxylic acids is 1.